The zero-order chi connectivity index (χ0) is 7.56. The van der Waals surface area contributed by atoms with Gasteiger partial charge < -0.3 is 4.90 Å². The third kappa shape index (κ3) is 1.20. The van der Waals surface area contributed by atoms with Crippen LogP contribution in [-0.2, 0) is 4.94 Å². The van der Waals surface area contributed by atoms with Crippen molar-refractivity contribution in [3.63, 3.8) is 0 Å². The normalized spacial score (nSPS) is 25.0. The van der Waals surface area contributed by atoms with Gasteiger partial charge in [0, 0.05) is 17.1 Å². The fraction of sp³-hybridized carbons (Fsp3) is 0.833. The lowest BCUT2D eigenvalue weighted by Crippen LogP contribution is -2.32. The Kier molecular flexibility index (Phi) is 2.09. The van der Waals surface area contributed by atoms with Gasteiger partial charge in [0.15, 0.2) is 0 Å². The summed E-state index contributed by atoms with van der Waals surface area (Å²) in [5.41, 5.74) is 0. The summed E-state index contributed by atoms with van der Waals surface area (Å²) in [7, 11) is 0. The Morgan fingerprint density at radius 1 is 1.80 bits per heavy atom. The molecule has 1 fully saturated rings. The van der Waals surface area contributed by atoms with Crippen molar-refractivity contribution in [3.8, 4) is 0 Å². The van der Waals surface area contributed by atoms with Gasteiger partial charge in [0.05, 0.1) is 0 Å². The summed E-state index contributed by atoms with van der Waals surface area (Å²) in [5.74, 6) is 0. The van der Waals surface area contributed by atoms with Crippen molar-refractivity contribution in [2.75, 3.05) is 6.54 Å². The minimum absolute atomic E-state index is 0.128. The van der Waals surface area contributed by atoms with Gasteiger partial charge in [-0.3, -0.25) is 0 Å². The second kappa shape index (κ2) is 2.86. The van der Waals surface area contributed by atoms with Crippen LogP contribution in [0.5, 0.6) is 0 Å². The van der Waals surface area contributed by atoms with Crippen LogP contribution in [0.15, 0.2) is 0 Å². The second-order valence-electron chi connectivity index (χ2n) is 2.53. The van der Waals surface area contributed by atoms with Crippen molar-refractivity contribution < 1.29 is 14.3 Å². The number of carbonyl (C=O) groups excluding carboxylic acids is 1. The van der Waals surface area contributed by atoms with Gasteiger partial charge in [-0.15, -0.1) is 0 Å². The zero-order valence-corrected chi connectivity index (χ0v) is 5.84. The van der Waals surface area contributed by atoms with Gasteiger partial charge in [0.25, 0.3) is 0 Å². The van der Waals surface area contributed by atoms with Crippen LogP contribution in [-0.4, -0.2) is 23.6 Å². The Morgan fingerprint density at radius 3 is 2.90 bits per heavy atom. The minimum Gasteiger partial charge on any atom is -0.303 e. The highest BCUT2D eigenvalue weighted by Gasteiger charge is 2.26. The number of carbonyl (C=O) groups is 1. The van der Waals surface area contributed by atoms with Crippen LogP contribution in [0, 0.1) is 0 Å². The second-order valence-corrected chi connectivity index (χ2v) is 2.53. The van der Waals surface area contributed by atoms with Gasteiger partial charge >= 0.3 is 6.09 Å². The molecule has 0 N–H and O–H groups in total. The first-order valence-corrected chi connectivity index (χ1v) is 3.35. The average molecular weight is 147 g/mol. The number of likely N-dealkylation sites (tertiary alicyclic amines) is 1. The summed E-state index contributed by atoms with van der Waals surface area (Å²) in [6, 6.07) is 0.128. The van der Waals surface area contributed by atoms with E-state index in [1.165, 1.54) is 4.90 Å². The van der Waals surface area contributed by atoms with Crippen molar-refractivity contribution in [2.45, 2.75) is 25.8 Å². The highest BCUT2D eigenvalue weighted by atomic mass is 19.3. The van der Waals surface area contributed by atoms with Gasteiger partial charge in [-0.2, -0.15) is 0 Å². The van der Waals surface area contributed by atoms with E-state index in [-0.39, 0.29) is 6.04 Å². The number of nitrogens with zero attached hydrogens (tertiary/aromatic N) is 1. The van der Waals surface area contributed by atoms with Crippen LogP contribution in [0.4, 0.5) is 9.32 Å². The monoisotopic (exact) mass is 147 g/mol. The largest absolute Gasteiger partial charge is 0.447 e. The van der Waals surface area contributed by atoms with Crippen LogP contribution < -0.4 is 0 Å². The first-order valence-electron chi connectivity index (χ1n) is 3.35. The van der Waals surface area contributed by atoms with E-state index in [9.17, 15) is 9.32 Å². The fourth-order valence-electron chi connectivity index (χ4n) is 1.25. The molecule has 0 aromatic rings. The minimum atomic E-state index is -0.856. The van der Waals surface area contributed by atoms with Gasteiger partial charge in [-0.25, -0.2) is 9.74 Å². The van der Waals surface area contributed by atoms with Crippen molar-refractivity contribution in [3.05, 3.63) is 0 Å². The summed E-state index contributed by atoms with van der Waals surface area (Å²) in [6.07, 6.45) is 1.02. The van der Waals surface area contributed by atoms with Crippen molar-refractivity contribution in [1.82, 2.24) is 4.90 Å². The van der Waals surface area contributed by atoms with E-state index in [1.54, 1.807) is 0 Å². The Bertz CT molecular complexity index is 140. The molecule has 1 amide bonds. The quantitative estimate of drug-likeness (QED) is 0.519. The van der Waals surface area contributed by atoms with Gasteiger partial charge in [0.1, 0.15) is 0 Å². The number of rotatable bonds is 0. The molecule has 0 saturated carbocycles. The molecule has 1 atom stereocenters. The molecule has 0 spiro atoms. The maximum Gasteiger partial charge on any atom is 0.447 e. The van der Waals surface area contributed by atoms with Crippen LogP contribution in [0.25, 0.3) is 0 Å². The molecule has 4 heteroatoms. The van der Waals surface area contributed by atoms with E-state index in [0.29, 0.717) is 6.54 Å². The standard InChI is InChI=1S/C6H10FNO2/c1-5-3-2-4-8(5)6(9)10-7/h5H,2-4H2,1H3/t5-/m1/s1. The van der Waals surface area contributed by atoms with Crippen LogP contribution in [0.3, 0.4) is 0 Å². The van der Waals surface area contributed by atoms with Crippen LogP contribution in [0.1, 0.15) is 19.8 Å². The lowest BCUT2D eigenvalue weighted by atomic mass is 10.2. The molecule has 1 aliphatic heterocycles. The molecule has 0 aliphatic carbocycles. The molecule has 0 aromatic heterocycles. The Morgan fingerprint density at radius 2 is 2.50 bits per heavy atom. The highest BCUT2D eigenvalue weighted by molar-refractivity contribution is 5.67. The number of amides is 1. The molecule has 0 radical (unpaired) electrons. The predicted octanol–water partition coefficient (Wildman–Crippen LogP) is 1.49. The molecular formula is C6H10FNO2. The summed E-state index contributed by atoms with van der Waals surface area (Å²) >= 11 is 0. The van der Waals surface area contributed by atoms with Gasteiger partial charge in [0.2, 0.25) is 0 Å². The molecule has 1 aliphatic rings. The lowest BCUT2D eigenvalue weighted by molar-refractivity contribution is -0.0803. The van der Waals surface area contributed by atoms with Crippen molar-refractivity contribution in [2.24, 2.45) is 0 Å². The van der Waals surface area contributed by atoms with Gasteiger partial charge in [-0.05, 0) is 19.8 Å². The Balaban J connectivity index is 2.46. The van der Waals surface area contributed by atoms with E-state index in [1.807, 2.05) is 6.92 Å². The van der Waals surface area contributed by atoms with E-state index in [0.717, 1.165) is 12.8 Å². The van der Waals surface area contributed by atoms with Crippen LogP contribution in [0.2, 0.25) is 0 Å². The SMILES string of the molecule is C[C@@H]1CCCN1C(=O)OF. The summed E-state index contributed by atoms with van der Waals surface area (Å²) in [5, 5.41) is 0. The molecule has 10 heavy (non-hydrogen) atoms. The van der Waals surface area contributed by atoms with Crippen molar-refractivity contribution >= 4 is 6.09 Å². The van der Waals surface area contributed by atoms with Crippen molar-refractivity contribution in [1.29, 1.82) is 0 Å². The number of hydrogen-bond donors (Lipinski definition) is 0. The number of halogens is 1. The van der Waals surface area contributed by atoms with Crippen LogP contribution >= 0.6 is 0 Å². The average Bonchev–Trinajstić information content (AvgIpc) is 2.34. The molecule has 1 saturated heterocycles. The predicted molar refractivity (Wildman–Crippen MR) is 33.0 cm³/mol. The topological polar surface area (TPSA) is 29.5 Å². The summed E-state index contributed by atoms with van der Waals surface area (Å²) < 4.78 is 11.3. The first kappa shape index (κ1) is 7.31. The highest BCUT2D eigenvalue weighted by Crippen LogP contribution is 2.16. The molecule has 0 bridgehead atoms. The Labute approximate surface area is 58.7 Å². The smallest absolute Gasteiger partial charge is 0.303 e. The zero-order valence-electron chi connectivity index (χ0n) is 5.84. The molecule has 3 nitrogen and oxygen atoms in total. The molecule has 0 unspecified atom stereocenters. The van der Waals surface area contributed by atoms with Gasteiger partial charge in [-0.1, -0.05) is 0 Å². The molecule has 1 heterocycles. The lowest BCUT2D eigenvalue weighted by Gasteiger charge is -2.16. The fourth-order valence-corrected chi connectivity index (χ4v) is 1.25. The number of hydrogen-bond acceptors (Lipinski definition) is 2. The summed E-state index contributed by atoms with van der Waals surface area (Å²) in [6.45, 7) is 2.49. The molecular weight excluding hydrogens is 137 g/mol. The molecule has 0 aromatic carbocycles. The van der Waals surface area contributed by atoms with E-state index >= 15 is 0 Å². The third-order valence-corrected chi connectivity index (χ3v) is 1.85. The first-order chi connectivity index (χ1) is 4.75. The Hall–Kier alpha value is -0.800. The summed E-state index contributed by atoms with van der Waals surface area (Å²) in [4.78, 5) is 15.0. The van der Waals surface area contributed by atoms with E-state index in [4.69, 9.17) is 0 Å². The maximum atomic E-state index is 11.3. The molecule has 58 valence electrons. The van der Waals surface area contributed by atoms with E-state index < -0.39 is 6.09 Å². The maximum absolute atomic E-state index is 11.3. The molecule has 1 rings (SSSR count). The van der Waals surface area contributed by atoms with E-state index in [2.05, 4.69) is 4.94 Å². The third-order valence-electron chi connectivity index (χ3n) is 1.85.